The highest BCUT2D eigenvalue weighted by Crippen LogP contribution is 2.13. The molecule has 0 aliphatic rings. The van der Waals surface area contributed by atoms with Gasteiger partial charge in [-0.15, -0.1) is 11.3 Å². The maximum atomic E-state index is 13.2. The van der Waals surface area contributed by atoms with Crippen molar-refractivity contribution in [3.8, 4) is 5.69 Å². The molecule has 0 saturated carbocycles. The Labute approximate surface area is 165 Å². The third-order valence-corrected chi connectivity index (χ3v) is 5.18. The number of benzene rings is 1. The highest BCUT2D eigenvalue weighted by atomic mass is 32.1. The molecule has 0 unspecified atom stereocenters. The van der Waals surface area contributed by atoms with Crippen molar-refractivity contribution in [2.24, 2.45) is 4.99 Å². The molecule has 0 spiro atoms. The molecule has 2 aromatic heterocycles. The van der Waals surface area contributed by atoms with Crippen molar-refractivity contribution in [2.45, 2.75) is 19.8 Å². The lowest BCUT2D eigenvalue weighted by Crippen LogP contribution is -2.20. The SMILES string of the molecule is COC(=O)Cc1[nH]n(-c2ccc(F)cc2)c(=O)c1C(C)=NCCc1cccs1. The fourth-order valence-corrected chi connectivity index (χ4v) is 3.54. The van der Waals surface area contributed by atoms with E-state index in [1.807, 2.05) is 17.5 Å². The largest absolute Gasteiger partial charge is 0.469 e. The second-order valence-electron chi connectivity index (χ2n) is 6.13. The van der Waals surface area contributed by atoms with E-state index in [1.165, 1.54) is 40.9 Å². The van der Waals surface area contributed by atoms with E-state index in [2.05, 4.69) is 10.1 Å². The molecule has 28 heavy (non-hydrogen) atoms. The van der Waals surface area contributed by atoms with Crippen LogP contribution in [0.25, 0.3) is 5.69 Å². The van der Waals surface area contributed by atoms with E-state index in [1.54, 1.807) is 18.3 Å². The zero-order chi connectivity index (χ0) is 20.1. The summed E-state index contributed by atoms with van der Waals surface area (Å²) in [6, 6.07) is 9.54. The van der Waals surface area contributed by atoms with Crippen LogP contribution in [0.5, 0.6) is 0 Å². The summed E-state index contributed by atoms with van der Waals surface area (Å²) < 4.78 is 19.2. The van der Waals surface area contributed by atoms with Gasteiger partial charge in [-0.2, -0.15) is 0 Å². The van der Waals surface area contributed by atoms with Gasteiger partial charge in [-0.25, -0.2) is 9.07 Å². The number of ether oxygens (including phenoxy) is 1. The van der Waals surface area contributed by atoms with Gasteiger partial charge < -0.3 is 4.74 Å². The standard InChI is InChI=1S/C20H20FN3O3S/c1-13(22-10-9-16-4-3-11-28-16)19-17(12-18(25)27-2)23-24(20(19)26)15-7-5-14(21)6-8-15/h3-8,11,23H,9-10,12H2,1-2H3. The van der Waals surface area contributed by atoms with E-state index in [0.29, 0.717) is 29.2 Å². The molecule has 0 amide bonds. The molecule has 0 radical (unpaired) electrons. The van der Waals surface area contributed by atoms with Gasteiger partial charge in [0.1, 0.15) is 5.82 Å². The zero-order valence-electron chi connectivity index (χ0n) is 15.6. The fraction of sp³-hybridized carbons (Fsp3) is 0.250. The minimum atomic E-state index is -0.472. The van der Waals surface area contributed by atoms with Gasteiger partial charge in [0.2, 0.25) is 0 Å². The summed E-state index contributed by atoms with van der Waals surface area (Å²) in [6.45, 7) is 2.28. The van der Waals surface area contributed by atoms with Crippen molar-refractivity contribution in [1.29, 1.82) is 0 Å². The molecule has 146 valence electrons. The van der Waals surface area contributed by atoms with Crippen LogP contribution in [0.2, 0.25) is 0 Å². The van der Waals surface area contributed by atoms with Crippen LogP contribution in [0, 0.1) is 5.82 Å². The predicted octanol–water partition coefficient (Wildman–Crippen LogP) is 3.13. The number of hydrogen-bond acceptors (Lipinski definition) is 5. The van der Waals surface area contributed by atoms with Gasteiger partial charge in [-0.05, 0) is 42.6 Å². The smallest absolute Gasteiger partial charge is 0.311 e. The van der Waals surface area contributed by atoms with Crippen LogP contribution in [0.4, 0.5) is 4.39 Å². The topological polar surface area (TPSA) is 76.5 Å². The predicted molar refractivity (Wildman–Crippen MR) is 107 cm³/mol. The molecule has 0 saturated heterocycles. The monoisotopic (exact) mass is 401 g/mol. The van der Waals surface area contributed by atoms with Crippen LogP contribution in [-0.4, -0.2) is 35.1 Å². The lowest BCUT2D eigenvalue weighted by molar-refractivity contribution is -0.139. The second-order valence-corrected chi connectivity index (χ2v) is 7.16. The van der Waals surface area contributed by atoms with E-state index in [0.717, 1.165) is 6.42 Å². The molecule has 0 aliphatic carbocycles. The molecule has 8 heteroatoms. The number of aromatic amines is 1. The van der Waals surface area contributed by atoms with Gasteiger partial charge in [0, 0.05) is 23.6 Å². The number of rotatable bonds is 7. The third kappa shape index (κ3) is 4.45. The van der Waals surface area contributed by atoms with Crippen LogP contribution in [0.3, 0.4) is 0 Å². The van der Waals surface area contributed by atoms with Gasteiger partial charge in [-0.3, -0.25) is 19.7 Å². The van der Waals surface area contributed by atoms with E-state index in [-0.39, 0.29) is 12.0 Å². The Kier molecular flexibility index (Phi) is 6.20. The van der Waals surface area contributed by atoms with Crippen molar-refractivity contribution in [1.82, 2.24) is 9.78 Å². The number of carbonyl (C=O) groups excluding carboxylic acids is 1. The van der Waals surface area contributed by atoms with E-state index < -0.39 is 11.8 Å². The van der Waals surface area contributed by atoms with Crippen molar-refractivity contribution in [2.75, 3.05) is 13.7 Å². The Morgan fingerprint density at radius 3 is 2.68 bits per heavy atom. The number of halogens is 1. The number of aromatic nitrogens is 2. The average molecular weight is 401 g/mol. The molecule has 1 N–H and O–H groups in total. The van der Waals surface area contributed by atoms with Crippen molar-refractivity contribution >= 4 is 23.0 Å². The van der Waals surface area contributed by atoms with E-state index in [4.69, 9.17) is 4.74 Å². The summed E-state index contributed by atoms with van der Waals surface area (Å²) in [5, 5.41) is 4.95. The Hall–Kier alpha value is -3.00. The highest BCUT2D eigenvalue weighted by Gasteiger charge is 2.20. The fourth-order valence-electron chi connectivity index (χ4n) is 2.84. The molecule has 0 aliphatic heterocycles. The number of esters is 1. The molecule has 1 aromatic carbocycles. The summed E-state index contributed by atoms with van der Waals surface area (Å²) >= 11 is 1.66. The first-order valence-electron chi connectivity index (χ1n) is 8.70. The maximum Gasteiger partial charge on any atom is 0.311 e. The summed E-state index contributed by atoms with van der Waals surface area (Å²) in [5.74, 6) is -0.871. The summed E-state index contributed by atoms with van der Waals surface area (Å²) in [4.78, 5) is 30.5. The lowest BCUT2D eigenvalue weighted by atomic mass is 10.1. The van der Waals surface area contributed by atoms with Gasteiger partial charge in [0.05, 0.1) is 30.5 Å². The average Bonchev–Trinajstić information content (AvgIpc) is 3.30. The molecule has 6 nitrogen and oxygen atoms in total. The molecule has 3 aromatic rings. The van der Waals surface area contributed by atoms with Gasteiger partial charge in [0.15, 0.2) is 0 Å². The zero-order valence-corrected chi connectivity index (χ0v) is 16.4. The molecule has 3 rings (SSSR count). The first-order valence-corrected chi connectivity index (χ1v) is 9.58. The number of nitrogens with zero attached hydrogens (tertiary/aromatic N) is 2. The number of H-pyrrole nitrogens is 1. The molecule has 0 fully saturated rings. The van der Waals surface area contributed by atoms with Crippen molar-refractivity contribution in [3.05, 3.63) is 74.1 Å². The first kappa shape index (κ1) is 19.8. The Morgan fingerprint density at radius 2 is 2.04 bits per heavy atom. The maximum absolute atomic E-state index is 13.2. The summed E-state index contributed by atoms with van der Waals surface area (Å²) in [6.07, 6.45) is 0.685. The van der Waals surface area contributed by atoms with E-state index in [9.17, 15) is 14.0 Å². The van der Waals surface area contributed by atoms with Crippen molar-refractivity contribution < 1.29 is 13.9 Å². The van der Waals surface area contributed by atoms with Crippen LogP contribution in [0.1, 0.15) is 23.1 Å². The first-order chi connectivity index (χ1) is 13.5. The van der Waals surface area contributed by atoms with Gasteiger partial charge in [-0.1, -0.05) is 6.07 Å². The number of aliphatic imine (C=N–C) groups is 1. The molecule has 0 atom stereocenters. The minimum absolute atomic E-state index is 0.0902. The number of thiophene rings is 1. The Balaban J connectivity index is 1.95. The number of nitrogens with one attached hydrogen (secondary N) is 1. The third-order valence-electron chi connectivity index (χ3n) is 4.25. The quantitative estimate of drug-likeness (QED) is 0.488. The van der Waals surface area contributed by atoms with Crippen molar-refractivity contribution in [3.63, 3.8) is 0 Å². The summed E-state index contributed by atoms with van der Waals surface area (Å²) in [5.41, 5.74) is 1.41. The molecular formula is C20H20FN3O3S. The van der Waals surface area contributed by atoms with Crippen LogP contribution < -0.4 is 5.56 Å². The number of hydrogen-bond donors (Lipinski definition) is 1. The lowest BCUT2D eigenvalue weighted by Gasteiger charge is -2.02. The second kappa shape index (κ2) is 8.79. The molecule has 0 bridgehead atoms. The Morgan fingerprint density at radius 1 is 1.29 bits per heavy atom. The van der Waals surface area contributed by atoms with Gasteiger partial charge >= 0.3 is 5.97 Å². The molecular weight excluding hydrogens is 381 g/mol. The van der Waals surface area contributed by atoms with E-state index >= 15 is 0 Å². The minimum Gasteiger partial charge on any atom is -0.469 e. The van der Waals surface area contributed by atoms with Crippen LogP contribution in [0.15, 0.2) is 51.6 Å². The number of methoxy groups -OCH3 is 1. The van der Waals surface area contributed by atoms with Crippen LogP contribution >= 0.6 is 11.3 Å². The normalized spacial score (nSPS) is 11.6. The summed E-state index contributed by atoms with van der Waals surface area (Å²) in [7, 11) is 1.29. The van der Waals surface area contributed by atoms with Crippen LogP contribution in [-0.2, 0) is 22.4 Å². The Bertz CT molecular complexity index is 1030. The number of carbonyl (C=O) groups is 1. The van der Waals surface area contributed by atoms with Gasteiger partial charge in [0.25, 0.3) is 5.56 Å². The highest BCUT2D eigenvalue weighted by molar-refractivity contribution is 7.09. The molecule has 2 heterocycles.